The van der Waals surface area contributed by atoms with Crippen LogP contribution in [0.4, 0.5) is 22.9 Å². The molecule has 2 amide bonds. The Labute approximate surface area is 167 Å². The molecule has 3 rings (SSSR count). The molecule has 2 aromatic carbocycles. The van der Waals surface area contributed by atoms with E-state index in [2.05, 4.69) is 26.1 Å². The van der Waals surface area contributed by atoms with Crippen LogP contribution in [0, 0.1) is 6.92 Å². The Kier molecular flexibility index (Phi) is 5.86. The number of anilines is 4. The maximum atomic E-state index is 12.3. The van der Waals surface area contributed by atoms with Crippen molar-refractivity contribution in [1.82, 2.24) is 10.2 Å². The van der Waals surface area contributed by atoms with Gasteiger partial charge in [-0.2, -0.15) is 0 Å². The van der Waals surface area contributed by atoms with E-state index in [1.807, 2.05) is 19.1 Å². The molecule has 0 bridgehead atoms. The lowest BCUT2D eigenvalue weighted by molar-refractivity contribution is -0.114. The standard InChI is InChI=1S/C20H18ClN5O2/c1-12-11-14(21)3-8-17(12)24-19-10-9-18(25-26-19)20(28)23-16-6-4-15(5-7-16)22-13(2)27/h3-11H,1-2H3,(H,22,27)(H,23,28)(H,24,26). The molecule has 0 fully saturated rings. The quantitative estimate of drug-likeness (QED) is 0.595. The molecule has 0 aliphatic heterocycles. The minimum atomic E-state index is -0.381. The normalized spacial score (nSPS) is 10.2. The summed E-state index contributed by atoms with van der Waals surface area (Å²) in [7, 11) is 0. The Morgan fingerprint density at radius 2 is 1.57 bits per heavy atom. The van der Waals surface area contributed by atoms with E-state index in [0.717, 1.165) is 11.3 Å². The van der Waals surface area contributed by atoms with Crippen LogP contribution in [-0.4, -0.2) is 22.0 Å². The molecule has 28 heavy (non-hydrogen) atoms. The molecule has 0 aliphatic carbocycles. The maximum absolute atomic E-state index is 12.3. The fourth-order valence-corrected chi connectivity index (χ4v) is 2.69. The topological polar surface area (TPSA) is 96.0 Å². The van der Waals surface area contributed by atoms with Crippen LogP contribution in [0.3, 0.4) is 0 Å². The summed E-state index contributed by atoms with van der Waals surface area (Å²) >= 11 is 5.95. The van der Waals surface area contributed by atoms with Crippen LogP contribution >= 0.6 is 11.6 Å². The number of halogens is 1. The van der Waals surface area contributed by atoms with Gasteiger partial charge in [0.15, 0.2) is 11.5 Å². The number of carbonyl (C=O) groups excluding carboxylic acids is 2. The summed E-state index contributed by atoms with van der Waals surface area (Å²) in [5, 5.41) is 17.2. The Balaban J connectivity index is 1.64. The summed E-state index contributed by atoms with van der Waals surface area (Å²) in [5.74, 6) is -0.0230. The third-order valence-corrected chi connectivity index (χ3v) is 4.05. The molecule has 0 aliphatic rings. The van der Waals surface area contributed by atoms with Gasteiger partial charge in [0.25, 0.3) is 5.91 Å². The van der Waals surface area contributed by atoms with Crippen molar-refractivity contribution in [3.05, 3.63) is 70.9 Å². The molecule has 0 spiro atoms. The average Bonchev–Trinajstić information content (AvgIpc) is 2.66. The highest BCUT2D eigenvalue weighted by Gasteiger charge is 2.09. The lowest BCUT2D eigenvalue weighted by atomic mass is 10.2. The van der Waals surface area contributed by atoms with Gasteiger partial charge in [-0.15, -0.1) is 10.2 Å². The smallest absolute Gasteiger partial charge is 0.276 e. The first-order valence-electron chi connectivity index (χ1n) is 8.46. The number of aromatic nitrogens is 2. The largest absolute Gasteiger partial charge is 0.339 e. The van der Waals surface area contributed by atoms with Gasteiger partial charge < -0.3 is 16.0 Å². The van der Waals surface area contributed by atoms with Crippen molar-refractivity contribution in [3.8, 4) is 0 Å². The maximum Gasteiger partial charge on any atom is 0.276 e. The van der Waals surface area contributed by atoms with Gasteiger partial charge in [-0.05, 0) is 67.1 Å². The molecule has 1 aromatic heterocycles. The van der Waals surface area contributed by atoms with E-state index in [0.29, 0.717) is 22.2 Å². The van der Waals surface area contributed by atoms with E-state index in [1.54, 1.807) is 42.5 Å². The van der Waals surface area contributed by atoms with Crippen molar-refractivity contribution in [3.63, 3.8) is 0 Å². The van der Waals surface area contributed by atoms with Crippen LogP contribution in [0.15, 0.2) is 54.6 Å². The van der Waals surface area contributed by atoms with Crippen LogP contribution in [0.1, 0.15) is 23.0 Å². The monoisotopic (exact) mass is 395 g/mol. The van der Waals surface area contributed by atoms with E-state index in [9.17, 15) is 9.59 Å². The molecular weight excluding hydrogens is 378 g/mol. The molecule has 7 nitrogen and oxygen atoms in total. The average molecular weight is 396 g/mol. The van der Waals surface area contributed by atoms with Gasteiger partial charge in [-0.25, -0.2) is 0 Å². The molecule has 3 N–H and O–H groups in total. The Morgan fingerprint density at radius 1 is 0.893 bits per heavy atom. The summed E-state index contributed by atoms with van der Waals surface area (Å²) in [6.45, 7) is 3.36. The Bertz CT molecular complexity index is 1000. The van der Waals surface area contributed by atoms with E-state index in [-0.39, 0.29) is 17.5 Å². The van der Waals surface area contributed by atoms with Gasteiger partial charge in [-0.1, -0.05) is 11.6 Å². The van der Waals surface area contributed by atoms with Crippen LogP contribution < -0.4 is 16.0 Å². The number of hydrogen-bond donors (Lipinski definition) is 3. The molecule has 8 heteroatoms. The van der Waals surface area contributed by atoms with Crippen molar-refractivity contribution >= 4 is 46.3 Å². The first-order chi connectivity index (χ1) is 13.4. The molecule has 142 valence electrons. The SMILES string of the molecule is CC(=O)Nc1ccc(NC(=O)c2ccc(Nc3ccc(Cl)cc3C)nn2)cc1. The number of carbonyl (C=O) groups is 2. The van der Waals surface area contributed by atoms with Crippen molar-refractivity contribution in [1.29, 1.82) is 0 Å². The first-order valence-corrected chi connectivity index (χ1v) is 8.84. The second kappa shape index (κ2) is 8.49. The molecular formula is C20H18ClN5O2. The first kappa shape index (κ1) is 19.3. The fourth-order valence-electron chi connectivity index (χ4n) is 2.46. The van der Waals surface area contributed by atoms with E-state index in [1.165, 1.54) is 6.92 Å². The number of rotatable bonds is 5. The zero-order valence-electron chi connectivity index (χ0n) is 15.3. The van der Waals surface area contributed by atoms with Crippen LogP contribution in [0.2, 0.25) is 5.02 Å². The molecule has 1 heterocycles. The fraction of sp³-hybridized carbons (Fsp3) is 0.100. The number of amides is 2. The van der Waals surface area contributed by atoms with Crippen molar-refractivity contribution in [2.45, 2.75) is 13.8 Å². The molecule has 3 aromatic rings. The van der Waals surface area contributed by atoms with Crippen molar-refractivity contribution in [2.24, 2.45) is 0 Å². The minimum Gasteiger partial charge on any atom is -0.339 e. The zero-order valence-corrected chi connectivity index (χ0v) is 16.0. The highest BCUT2D eigenvalue weighted by atomic mass is 35.5. The number of nitrogens with zero attached hydrogens (tertiary/aromatic N) is 2. The van der Waals surface area contributed by atoms with E-state index < -0.39 is 0 Å². The molecule has 0 unspecified atom stereocenters. The highest BCUT2D eigenvalue weighted by Crippen LogP contribution is 2.22. The van der Waals surface area contributed by atoms with Crippen LogP contribution in [-0.2, 0) is 4.79 Å². The third-order valence-electron chi connectivity index (χ3n) is 3.81. The lowest BCUT2D eigenvalue weighted by Crippen LogP contribution is -2.14. The highest BCUT2D eigenvalue weighted by molar-refractivity contribution is 6.30. The van der Waals surface area contributed by atoms with Crippen molar-refractivity contribution < 1.29 is 9.59 Å². The van der Waals surface area contributed by atoms with Gasteiger partial charge >= 0.3 is 0 Å². The second-order valence-electron chi connectivity index (χ2n) is 6.10. The van der Waals surface area contributed by atoms with Gasteiger partial charge in [0.2, 0.25) is 5.91 Å². The van der Waals surface area contributed by atoms with E-state index >= 15 is 0 Å². The Morgan fingerprint density at radius 3 is 2.14 bits per heavy atom. The molecule has 0 saturated carbocycles. The minimum absolute atomic E-state index is 0.158. The summed E-state index contributed by atoms with van der Waals surface area (Å²) in [4.78, 5) is 23.3. The Hall–Kier alpha value is -3.45. The van der Waals surface area contributed by atoms with E-state index in [4.69, 9.17) is 11.6 Å². The summed E-state index contributed by atoms with van der Waals surface area (Å²) in [6.07, 6.45) is 0. The predicted octanol–water partition coefficient (Wildman–Crippen LogP) is 4.39. The van der Waals surface area contributed by atoms with Crippen molar-refractivity contribution in [2.75, 3.05) is 16.0 Å². The lowest BCUT2D eigenvalue weighted by Gasteiger charge is -2.09. The zero-order chi connectivity index (χ0) is 20.1. The van der Waals surface area contributed by atoms with Gasteiger partial charge in [0.1, 0.15) is 0 Å². The summed E-state index contributed by atoms with van der Waals surface area (Å²) < 4.78 is 0. The van der Waals surface area contributed by atoms with Gasteiger partial charge in [0, 0.05) is 29.0 Å². The number of hydrogen-bond acceptors (Lipinski definition) is 5. The van der Waals surface area contributed by atoms with Gasteiger partial charge in [0.05, 0.1) is 0 Å². The van der Waals surface area contributed by atoms with Crippen LogP contribution in [0.25, 0.3) is 0 Å². The third kappa shape index (κ3) is 5.05. The summed E-state index contributed by atoms with van der Waals surface area (Å²) in [6, 6.07) is 15.5. The second-order valence-corrected chi connectivity index (χ2v) is 6.54. The van der Waals surface area contributed by atoms with Gasteiger partial charge in [-0.3, -0.25) is 9.59 Å². The number of benzene rings is 2. The molecule has 0 radical (unpaired) electrons. The molecule has 0 saturated heterocycles. The summed E-state index contributed by atoms with van der Waals surface area (Å²) in [5.41, 5.74) is 3.25. The molecule has 0 atom stereocenters. The number of nitrogens with one attached hydrogen (secondary N) is 3. The predicted molar refractivity (Wildman–Crippen MR) is 110 cm³/mol. The van der Waals surface area contributed by atoms with Crippen LogP contribution in [0.5, 0.6) is 0 Å². The number of aryl methyl sites for hydroxylation is 1.